The van der Waals surface area contributed by atoms with E-state index < -0.39 is 0 Å². The number of hydrogen-bond donors (Lipinski definition) is 1. The molecular formula is C9H14ClN3O. The lowest BCUT2D eigenvalue weighted by molar-refractivity contribution is -0.0454. The second kappa shape index (κ2) is 3.87. The van der Waals surface area contributed by atoms with Crippen molar-refractivity contribution in [2.45, 2.75) is 38.2 Å². The zero-order valence-electron chi connectivity index (χ0n) is 8.22. The Labute approximate surface area is 88.0 Å². The van der Waals surface area contributed by atoms with Gasteiger partial charge in [-0.3, -0.25) is 5.10 Å². The number of H-pyrrole nitrogens is 1. The maximum Gasteiger partial charge on any atom is 0.242 e. The number of aromatic amines is 1. The fourth-order valence-electron chi connectivity index (χ4n) is 2.12. The molecule has 1 fully saturated rings. The number of nitrogens with zero attached hydrogens (tertiary/aromatic N) is 2. The molecule has 0 aromatic carbocycles. The van der Waals surface area contributed by atoms with E-state index in [2.05, 4.69) is 15.2 Å². The van der Waals surface area contributed by atoms with E-state index in [1.165, 1.54) is 12.8 Å². The highest BCUT2D eigenvalue weighted by Gasteiger charge is 2.39. The van der Waals surface area contributed by atoms with Gasteiger partial charge in [0, 0.05) is 6.61 Å². The van der Waals surface area contributed by atoms with E-state index in [9.17, 15) is 0 Å². The summed E-state index contributed by atoms with van der Waals surface area (Å²) < 4.78 is 5.80. The molecule has 0 unspecified atom stereocenters. The molecule has 0 amide bonds. The molecule has 0 atom stereocenters. The Bertz CT molecular complexity index is 307. The molecule has 1 saturated carbocycles. The monoisotopic (exact) mass is 215 g/mol. The lowest BCUT2D eigenvalue weighted by Crippen LogP contribution is -2.27. The Balaban J connectivity index is 2.26. The normalized spacial score (nSPS) is 20.1. The first-order valence-electron chi connectivity index (χ1n) is 4.99. The first-order chi connectivity index (χ1) is 6.77. The number of hydrogen-bond acceptors (Lipinski definition) is 3. The summed E-state index contributed by atoms with van der Waals surface area (Å²) in [7, 11) is 0. The molecule has 78 valence electrons. The average Bonchev–Trinajstić information content (AvgIpc) is 2.75. The van der Waals surface area contributed by atoms with Gasteiger partial charge in [-0.05, 0) is 44.2 Å². The molecular weight excluding hydrogens is 202 g/mol. The molecule has 1 aromatic rings. The van der Waals surface area contributed by atoms with Crippen molar-refractivity contribution < 1.29 is 4.74 Å². The fourth-order valence-corrected chi connectivity index (χ4v) is 2.24. The van der Waals surface area contributed by atoms with Gasteiger partial charge in [-0.2, -0.15) is 4.98 Å². The van der Waals surface area contributed by atoms with Crippen LogP contribution in [-0.2, 0) is 10.3 Å². The topological polar surface area (TPSA) is 50.8 Å². The Morgan fingerprint density at radius 3 is 2.71 bits per heavy atom. The van der Waals surface area contributed by atoms with Crippen molar-refractivity contribution in [2.24, 2.45) is 0 Å². The van der Waals surface area contributed by atoms with Gasteiger partial charge >= 0.3 is 0 Å². The van der Waals surface area contributed by atoms with Gasteiger partial charge in [0.1, 0.15) is 5.60 Å². The lowest BCUT2D eigenvalue weighted by Gasteiger charge is -2.25. The second-order valence-electron chi connectivity index (χ2n) is 3.59. The molecule has 2 rings (SSSR count). The molecule has 1 heterocycles. The number of rotatable bonds is 3. The minimum absolute atomic E-state index is 0.255. The van der Waals surface area contributed by atoms with Crippen LogP contribution in [0.3, 0.4) is 0 Å². The molecule has 1 aliphatic rings. The molecule has 14 heavy (non-hydrogen) atoms. The maximum atomic E-state index is 5.80. The van der Waals surface area contributed by atoms with Gasteiger partial charge in [0.15, 0.2) is 5.82 Å². The smallest absolute Gasteiger partial charge is 0.242 e. The van der Waals surface area contributed by atoms with E-state index in [4.69, 9.17) is 16.3 Å². The highest BCUT2D eigenvalue weighted by molar-refractivity contribution is 6.28. The predicted molar refractivity (Wildman–Crippen MR) is 53.2 cm³/mol. The minimum Gasteiger partial charge on any atom is -0.367 e. The zero-order valence-corrected chi connectivity index (χ0v) is 8.97. The third-order valence-corrected chi connectivity index (χ3v) is 2.89. The van der Waals surface area contributed by atoms with Crippen LogP contribution in [0.15, 0.2) is 0 Å². The quantitative estimate of drug-likeness (QED) is 0.842. The number of ether oxygens (including phenoxy) is 1. The SMILES string of the molecule is CCOC1(c2nc(Cl)n[nH]2)CCCC1. The lowest BCUT2D eigenvalue weighted by atomic mass is 10.0. The van der Waals surface area contributed by atoms with Crippen LogP contribution in [0.25, 0.3) is 0 Å². The summed E-state index contributed by atoms with van der Waals surface area (Å²) in [5.41, 5.74) is -0.255. The molecule has 0 aliphatic heterocycles. The van der Waals surface area contributed by atoms with Gasteiger partial charge in [-0.25, -0.2) is 0 Å². The molecule has 0 spiro atoms. The Kier molecular flexibility index (Phi) is 2.74. The predicted octanol–water partition coefficient (Wildman–Crippen LogP) is 2.26. The molecule has 5 heteroatoms. The Morgan fingerprint density at radius 2 is 2.21 bits per heavy atom. The van der Waals surface area contributed by atoms with Crippen LogP contribution in [-0.4, -0.2) is 21.8 Å². The van der Waals surface area contributed by atoms with Crippen LogP contribution < -0.4 is 0 Å². The van der Waals surface area contributed by atoms with Crippen LogP contribution in [0.4, 0.5) is 0 Å². The van der Waals surface area contributed by atoms with E-state index in [0.717, 1.165) is 18.7 Å². The van der Waals surface area contributed by atoms with E-state index >= 15 is 0 Å². The summed E-state index contributed by atoms with van der Waals surface area (Å²) in [5, 5.41) is 6.96. The van der Waals surface area contributed by atoms with Crippen molar-refractivity contribution in [1.82, 2.24) is 15.2 Å². The third-order valence-electron chi connectivity index (χ3n) is 2.72. The number of nitrogens with one attached hydrogen (secondary N) is 1. The van der Waals surface area contributed by atoms with Crippen LogP contribution in [0.5, 0.6) is 0 Å². The van der Waals surface area contributed by atoms with E-state index in [1.807, 2.05) is 6.92 Å². The molecule has 0 bridgehead atoms. The first kappa shape index (κ1) is 9.93. The van der Waals surface area contributed by atoms with Crippen molar-refractivity contribution in [3.8, 4) is 0 Å². The summed E-state index contributed by atoms with van der Waals surface area (Å²) in [6.45, 7) is 2.69. The van der Waals surface area contributed by atoms with Gasteiger partial charge in [-0.1, -0.05) is 0 Å². The van der Waals surface area contributed by atoms with Crippen molar-refractivity contribution >= 4 is 11.6 Å². The number of aromatic nitrogens is 3. The van der Waals surface area contributed by atoms with Crippen molar-refractivity contribution in [3.05, 3.63) is 11.1 Å². The van der Waals surface area contributed by atoms with E-state index in [1.54, 1.807) is 0 Å². The van der Waals surface area contributed by atoms with Gasteiger partial charge < -0.3 is 4.74 Å². The van der Waals surface area contributed by atoms with Gasteiger partial charge in [0.25, 0.3) is 0 Å². The van der Waals surface area contributed by atoms with Gasteiger partial charge in [-0.15, -0.1) is 5.10 Å². The van der Waals surface area contributed by atoms with Gasteiger partial charge in [0.05, 0.1) is 0 Å². The second-order valence-corrected chi connectivity index (χ2v) is 3.93. The largest absolute Gasteiger partial charge is 0.367 e. The van der Waals surface area contributed by atoms with E-state index in [-0.39, 0.29) is 10.9 Å². The summed E-state index contributed by atoms with van der Waals surface area (Å²) in [6, 6.07) is 0. The number of halogens is 1. The average molecular weight is 216 g/mol. The molecule has 4 nitrogen and oxygen atoms in total. The molecule has 0 radical (unpaired) electrons. The van der Waals surface area contributed by atoms with Crippen LogP contribution in [0.2, 0.25) is 5.28 Å². The van der Waals surface area contributed by atoms with Crippen molar-refractivity contribution in [3.63, 3.8) is 0 Å². The summed E-state index contributed by atoms with van der Waals surface area (Å²) in [5.74, 6) is 0.779. The standard InChI is InChI=1S/C9H14ClN3O/c1-2-14-9(5-3-4-6-9)7-11-8(10)13-12-7/h2-6H2,1H3,(H,11,12,13). The first-order valence-corrected chi connectivity index (χ1v) is 5.37. The van der Waals surface area contributed by atoms with Crippen LogP contribution in [0.1, 0.15) is 38.4 Å². The Morgan fingerprint density at radius 1 is 1.50 bits per heavy atom. The molecule has 1 aliphatic carbocycles. The van der Waals surface area contributed by atoms with E-state index in [0.29, 0.717) is 6.61 Å². The third kappa shape index (κ3) is 1.64. The van der Waals surface area contributed by atoms with Crippen molar-refractivity contribution in [2.75, 3.05) is 6.61 Å². The summed E-state index contributed by atoms with van der Waals surface area (Å²) in [4.78, 5) is 4.16. The summed E-state index contributed by atoms with van der Waals surface area (Å²) >= 11 is 5.69. The fraction of sp³-hybridized carbons (Fsp3) is 0.778. The molecule has 1 N–H and O–H groups in total. The molecule has 0 saturated heterocycles. The van der Waals surface area contributed by atoms with Crippen LogP contribution >= 0.6 is 11.6 Å². The zero-order chi connectivity index (χ0) is 10.0. The van der Waals surface area contributed by atoms with Gasteiger partial charge in [0.2, 0.25) is 5.28 Å². The highest BCUT2D eigenvalue weighted by Crippen LogP contribution is 2.40. The van der Waals surface area contributed by atoms with Crippen molar-refractivity contribution in [1.29, 1.82) is 0 Å². The van der Waals surface area contributed by atoms with Crippen LogP contribution in [0, 0.1) is 0 Å². The summed E-state index contributed by atoms with van der Waals surface area (Å²) in [6.07, 6.45) is 4.37. The Hall–Kier alpha value is -0.610. The minimum atomic E-state index is -0.255. The maximum absolute atomic E-state index is 5.80. The molecule has 1 aromatic heterocycles. The highest BCUT2D eigenvalue weighted by atomic mass is 35.5.